The lowest BCUT2D eigenvalue weighted by Gasteiger charge is -2.09. The van der Waals surface area contributed by atoms with E-state index in [1.54, 1.807) is 25.1 Å². The highest BCUT2D eigenvalue weighted by Gasteiger charge is 2.26. The molecule has 0 spiro atoms. The van der Waals surface area contributed by atoms with E-state index in [0.717, 1.165) is 53.9 Å². The Morgan fingerprint density at radius 2 is 1.79 bits per heavy atom. The van der Waals surface area contributed by atoms with E-state index in [0.29, 0.717) is 37.1 Å². The van der Waals surface area contributed by atoms with Crippen LogP contribution < -0.4 is 20.1 Å². The first-order chi connectivity index (χ1) is 18.4. The van der Waals surface area contributed by atoms with Crippen LogP contribution in [0, 0.1) is 0 Å². The number of aromatic nitrogens is 2. The summed E-state index contributed by atoms with van der Waals surface area (Å²) in [4.78, 5) is 39.2. The Hall–Kier alpha value is -3.16. The average molecular weight is 577 g/mol. The van der Waals surface area contributed by atoms with Gasteiger partial charge in [0.25, 0.3) is 5.91 Å². The summed E-state index contributed by atoms with van der Waals surface area (Å²) in [5.41, 5.74) is 1.87. The first-order valence-electron chi connectivity index (χ1n) is 12.0. The highest BCUT2D eigenvalue weighted by atomic mass is 32.2. The number of nitrogens with one attached hydrogen (secondary N) is 2. The number of hydrogen-bond donors (Lipinski definition) is 2. The van der Waals surface area contributed by atoms with Gasteiger partial charge in [0.2, 0.25) is 11.0 Å². The lowest BCUT2D eigenvalue weighted by molar-refractivity contribution is -0.113. The molecule has 10 nitrogen and oxygen atoms in total. The van der Waals surface area contributed by atoms with E-state index in [9.17, 15) is 14.4 Å². The van der Waals surface area contributed by atoms with Gasteiger partial charge in [-0.3, -0.25) is 14.9 Å². The molecule has 1 aliphatic carbocycles. The molecule has 0 atom stereocenters. The minimum absolute atomic E-state index is 0.0725. The summed E-state index contributed by atoms with van der Waals surface area (Å²) in [5, 5.41) is 14.5. The topological polar surface area (TPSA) is 129 Å². The number of thiophene rings is 1. The fourth-order valence-corrected chi connectivity index (χ4v) is 6.85. The van der Waals surface area contributed by atoms with Crippen molar-refractivity contribution in [3.8, 4) is 11.5 Å². The van der Waals surface area contributed by atoms with E-state index in [1.165, 1.54) is 37.3 Å². The molecule has 4 rings (SSSR count). The Morgan fingerprint density at radius 1 is 1.00 bits per heavy atom. The van der Waals surface area contributed by atoms with Gasteiger partial charge in [-0.25, -0.2) is 4.79 Å². The lowest BCUT2D eigenvalue weighted by atomic mass is 10.1. The molecular formula is C25H28N4O6S3. The van der Waals surface area contributed by atoms with Crippen LogP contribution in [-0.2, 0) is 22.4 Å². The summed E-state index contributed by atoms with van der Waals surface area (Å²) in [6.07, 6.45) is 4.93. The number of carbonyl (C=O) groups excluding carboxylic acids is 3. The van der Waals surface area contributed by atoms with Gasteiger partial charge in [-0.1, -0.05) is 29.5 Å². The molecule has 0 unspecified atom stereocenters. The average Bonchev–Trinajstić information content (AvgIpc) is 3.43. The molecule has 2 aromatic heterocycles. The fraction of sp³-hybridized carbons (Fsp3) is 0.400. The molecule has 0 bridgehead atoms. The van der Waals surface area contributed by atoms with Crippen molar-refractivity contribution in [2.75, 3.05) is 37.2 Å². The van der Waals surface area contributed by atoms with Crippen LogP contribution in [0.3, 0.4) is 0 Å². The van der Waals surface area contributed by atoms with Crippen molar-refractivity contribution in [3.05, 3.63) is 39.8 Å². The largest absolute Gasteiger partial charge is 0.493 e. The maximum Gasteiger partial charge on any atom is 0.341 e. The molecule has 1 aliphatic rings. The predicted molar refractivity (Wildman–Crippen MR) is 148 cm³/mol. The highest BCUT2D eigenvalue weighted by molar-refractivity contribution is 8.01. The van der Waals surface area contributed by atoms with Crippen LogP contribution in [0.1, 0.15) is 57.3 Å². The highest BCUT2D eigenvalue weighted by Crippen LogP contribution is 2.38. The first-order valence-corrected chi connectivity index (χ1v) is 14.7. The van der Waals surface area contributed by atoms with Crippen LogP contribution >= 0.6 is 34.4 Å². The maximum atomic E-state index is 12.8. The summed E-state index contributed by atoms with van der Waals surface area (Å²) >= 11 is 3.82. The molecule has 0 aliphatic heterocycles. The van der Waals surface area contributed by atoms with Gasteiger partial charge in [0.05, 0.1) is 32.1 Å². The molecule has 1 aromatic carbocycles. The van der Waals surface area contributed by atoms with Gasteiger partial charge >= 0.3 is 5.97 Å². The monoisotopic (exact) mass is 576 g/mol. The lowest BCUT2D eigenvalue weighted by Crippen LogP contribution is -2.16. The molecule has 3 aromatic rings. The standard InChI is InChI=1S/C25H28N4O6S3/c1-4-35-23(32)20-15-8-6-5-7-9-18(15)37-22(20)26-19(30)13-36-25-29-28-24(38-25)27-21(31)14-10-11-16(33-2)17(12-14)34-3/h10-12H,4-9,13H2,1-3H3,(H,26,30)(H,27,28,31). The molecule has 13 heteroatoms. The van der Waals surface area contributed by atoms with Crippen LogP contribution in [0.5, 0.6) is 11.5 Å². The number of anilines is 2. The predicted octanol–water partition coefficient (Wildman–Crippen LogP) is 5.05. The summed E-state index contributed by atoms with van der Waals surface area (Å²) < 4.78 is 16.2. The molecule has 2 heterocycles. The number of esters is 1. The van der Waals surface area contributed by atoms with Crippen molar-refractivity contribution in [3.63, 3.8) is 0 Å². The van der Waals surface area contributed by atoms with Crippen molar-refractivity contribution in [1.29, 1.82) is 0 Å². The van der Waals surface area contributed by atoms with Gasteiger partial charge in [-0.15, -0.1) is 21.5 Å². The summed E-state index contributed by atoms with van der Waals surface area (Å²) in [6.45, 7) is 2.04. The van der Waals surface area contributed by atoms with Crippen LogP contribution in [0.15, 0.2) is 22.5 Å². The number of methoxy groups -OCH3 is 2. The van der Waals surface area contributed by atoms with Crippen LogP contribution in [0.4, 0.5) is 10.1 Å². The summed E-state index contributed by atoms with van der Waals surface area (Å²) in [7, 11) is 3.02. The second-order valence-corrected chi connectivity index (χ2v) is 11.5. The zero-order valence-corrected chi connectivity index (χ0v) is 23.7. The molecule has 0 radical (unpaired) electrons. The van der Waals surface area contributed by atoms with E-state index in [4.69, 9.17) is 14.2 Å². The van der Waals surface area contributed by atoms with Gasteiger partial charge in [-0.05, 0) is 56.4 Å². The Balaban J connectivity index is 1.37. The number of benzene rings is 1. The Kier molecular flexibility index (Phi) is 9.58. The van der Waals surface area contributed by atoms with Gasteiger partial charge < -0.3 is 19.5 Å². The Morgan fingerprint density at radius 3 is 2.55 bits per heavy atom. The second-order valence-electron chi connectivity index (χ2n) is 8.22. The minimum atomic E-state index is -0.395. The van der Waals surface area contributed by atoms with Crippen molar-refractivity contribution in [2.45, 2.75) is 43.4 Å². The third-order valence-electron chi connectivity index (χ3n) is 5.75. The molecule has 0 fully saturated rings. The number of nitrogens with zero attached hydrogens (tertiary/aromatic N) is 2. The van der Waals surface area contributed by atoms with E-state index < -0.39 is 5.97 Å². The molecule has 0 saturated carbocycles. The smallest absolute Gasteiger partial charge is 0.341 e. The number of ether oxygens (including phenoxy) is 3. The van der Waals surface area contributed by atoms with E-state index in [1.807, 2.05) is 0 Å². The number of amides is 2. The van der Waals surface area contributed by atoms with E-state index >= 15 is 0 Å². The number of thioether (sulfide) groups is 1. The second kappa shape index (κ2) is 13.1. The van der Waals surface area contributed by atoms with Crippen molar-refractivity contribution >= 4 is 62.4 Å². The van der Waals surface area contributed by atoms with Crippen molar-refractivity contribution < 1.29 is 28.6 Å². The number of aryl methyl sites for hydroxylation is 1. The van der Waals surface area contributed by atoms with Crippen molar-refractivity contribution in [2.24, 2.45) is 0 Å². The molecule has 202 valence electrons. The van der Waals surface area contributed by atoms with Crippen LogP contribution in [0.2, 0.25) is 0 Å². The Bertz CT molecular complexity index is 1320. The molecule has 2 N–H and O–H groups in total. The number of carbonyl (C=O) groups is 3. The quantitative estimate of drug-likeness (QED) is 0.147. The van der Waals surface area contributed by atoms with Gasteiger partial charge in [0.15, 0.2) is 15.8 Å². The molecular weight excluding hydrogens is 548 g/mol. The maximum absolute atomic E-state index is 12.8. The van der Waals surface area contributed by atoms with E-state index in [2.05, 4.69) is 20.8 Å². The van der Waals surface area contributed by atoms with Crippen LogP contribution in [0.25, 0.3) is 0 Å². The van der Waals surface area contributed by atoms with Gasteiger partial charge in [0.1, 0.15) is 5.00 Å². The third kappa shape index (κ3) is 6.63. The number of hydrogen-bond acceptors (Lipinski definition) is 11. The fourth-order valence-electron chi connectivity index (χ4n) is 4.01. The SMILES string of the molecule is CCOC(=O)c1c(NC(=O)CSc2nnc(NC(=O)c3ccc(OC)c(OC)c3)s2)sc2c1CCCCC2. The molecule has 38 heavy (non-hydrogen) atoms. The third-order valence-corrected chi connectivity index (χ3v) is 8.93. The van der Waals surface area contributed by atoms with E-state index in [-0.39, 0.29) is 24.2 Å². The Labute approximate surface area is 232 Å². The van der Waals surface area contributed by atoms with Gasteiger partial charge in [0, 0.05) is 10.4 Å². The van der Waals surface area contributed by atoms with Crippen molar-refractivity contribution in [1.82, 2.24) is 10.2 Å². The first kappa shape index (κ1) is 27.9. The zero-order chi connectivity index (χ0) is 27.1. The number of fused-ring (bicyclic) bond motifs is 1. The normalized spacial score (nSPS) is 12.7. The number of rotatable bonds is 10. The van der Waals surface area contributed by atoms with Crippen LogP contribution in [-0.4, -0.2) is 54.6 Å². The zero-order valence-electron chi connectivity index (χ0n) is 21.3. The summed E-state index contributed by atoms with van der Waals surface area (Å²) in [5.74, 6) is -0.00182. The van der Waals surface area contributed by atoms with Gasteiger partial charge in [-0.2, -0.15) is 0 Å². The summed E-state index contributed by atoms with van der Waals surface area (Å²) in [6, 6.07) is 4.84. The molecule has 0 saturated heterocycles. The minimum Gasteiger partial charge on any atom is -0.493 e. The molecule has 2 amide bonds.